The summed E-state index contributed by atoms with van der Waals surface area (Å²) >= 11 is 0. The number of anilines is 1. The van der Waals surface area contributed by atoms with E-state index in [0.29, 0.717) is 49.3 Å². The molecule has 0 bridgehead atoms. The minimum Gasteiger partial charge on any atom is -0.455 e. The number of pyridine rings is 2. The summed E-state index contributed by atoms with van der Waals surface area (Å²) in [6, 6.07) is 6.35. The topological polar surface area (TPSA) is 115 Å². The van der Waals surface area contributed by atoms with Crippen LogP contribution in [0.2, 0.25) is 0 Å². The molecule has 3 aromatic rings. The van der Waals surface area contributed by atoms with Gasteiger partial charge in [-0.3, -0.25) is 15.0 Å². The molecule has 3 aromatic heterocycles. The van der Waals surface area contributed by atoms with Gasteiger partial charge in [-0.1, -0.05) is 0 Å². The Morgan fingerprint density at radius 1 is 1.23 bits per heavy atom. The van der Waals surface area contributed by atoms with Gasteiger partial charge in [-0.15, -0.1) is 0 Å². The highest BCUT2D eigenvalue weighted by Gasteiger charge is 2.37. The molecule has 35 heavy (non-hydrogen) atoms. The second kappa shape index (κ2) is 9.71. The van der Waals surface area contributed by atoms with Crippen molar-refractivity contribution in [2.45, 2.75) is 25.8 Å². The Hall–Kier alpha value is -3.99. The first-order valence-electron chi connectivity index (χ1n) is 11.6. The molecular formula is C24H29N7O4. The van der Waals surface area contributed by atoms with Gasteiger partial charge < -0.3 is 14.4 Å². The monoisotopic (exact) mass is 479 g/mol. The zero-order valence-corrected chi connectivity index (χ0v) is 19.7. The first-order valence-corrected chi connectivity index (χ1v) is 11.6. The van der Waals surface area contributed by atoms with Gasteiger partial charge in [-0.2, -0.15) is 5.10 Å². The van der Waals surface area contributed by atoms with Gasteiger partial charge in [0.05, 0.1) is 17.6 Å². The molecule has 11 heteroatoms. The lowest BCUT2D eigenvalue weighted by Gasteiger charge is -2.30. The van der Waals surface area contributed by atoms with Crippen molar-refractivity contribution in [2.24, 2.45) is 7.05 Å². The Bertz CT molecular complexity index is 1240. The molecule has 5 rings (SSSR count). The van der Waals surface area contributed by atoms with Gasteiger partial charge in [0.15, 0.2) is 0 Å². The van der Waals surface area contributed by atoms with Crippen LogP contribution in [-0.4, -0.2) is 74.0 Å². The molecule has 2 aliphatic rings. The number of imide groups is 1. The van der Waals surface area contributed by atoms with Crippen molar-refractivity contribution >= 4 is 17.9 Å². The van der Waals surface area contributed by atoms with Crippen LogP contribution in [0.1, 0.15) is 20.0 Å². The zero-order valence-electron chi connectivity index (χ0n) is 19.7. The van der Waals surface area contributed by atoms with Crippen LogP contribution in [0.5, 0.6) is 11.5 Å². The predicted molar refractivity (Wildman–Crippen MR) is 129 cm³/mol. The second-order valence-corrected chi connectivity index (χ2v) is 8.56. The molecule has 0 atom stereocenters. The fourth-order valence-corrected chi connectivity index (χ4v) is 4.29. The number of carbonyl (C=O) groups excluding carboxylic acids is 2. The normalized spacial score (nSPS) is 16.6. The standard InChI is InChI=1S/C24H27N7O4.H2/c1-16-21(35-19-5-8-25-20(13-19)17-14-26-29(2)15-17)3-4-22(27-16)28-23(32)31-10-9-30(24(31)33)18-6-11-34-12-7-18;/h3-5,8,13-15,18H,6-7,9-12H2,1-2H3,(H,27,28,32);1H. The number of hydrogen-bond acceptors (Lipinski definition) is 7. The Morgan fingerprint density at radius 2 is 2.06 bits per heavy atom. The van der Waals surface area contributed by atoms with Crippen LogP contribution in [0.4, 0.5) is 15.4 Å². The molecule has 184 valence electrons. The van der Waals surface area contributed by atoms with E-state index in [0.717, 1.165) is 24.1 Å². The summed E-state index contributed by atoms with van der Waals surface area (Å²) in [4.78, 5) is 37.4. The van der Waals surface area contributed by atoms with Crippen molar-refractivity contribution in [2.75, 3.05) is 31.6 Å². The van der Waals surface area contributed by atoms with E-state index in [4.69, 9.17) is 9.47 Å². The summed E-state index contributed by atoms with van der Waals surface area (Å²) in [7, 11) is 1.85. The van der Waals surface area contributed by atoms with Gasteiger partial charge in [0, 0.05) is 64.8 Å². The molecule has 0 unspecified atom stereocenters. The molecule has 2 fully saturated rings. The first kappa shape index (κ1) is 22.8. The minimum absolute atomic E-state index is 0. The van der Waals surface area contributed by atoms with E-state index in [1.54, 1.807) is 47.1 Å². The molecule has 2 saturated heterocycles. The quantitative estimate of drug-likeness (QED) is 0.594. The second-order valence-electron chi connectivity index (χ2n) is 8.56. The molecule has 0 aromatic carbocycles. The van der Waals surface area contributed by atoms with Gasteiger partial charge in [0.25, 0.3) is 0 Å². The third-order valence-electron chi connectivity index (χ3n) is 6.15. The lowest BCUT2D eigenvalue weighted by atomic mass is 10.1. The number of aromatic nitrogens is 4. The maximum atomic E-state index is 12.8. The van der Waals surface area contributed by atoms with Gasteiger partial charge in [-0.05, 0) is 38.0 Å². The summed E-state index contributed by atoms with van der Waals surface area (Å²) in [5, 5.41) is 6.91. The van der Waals surface area contributed by atoms with Crippen molar-refractivity contribution in [3.63, 3.8) is 0 Å². The molecule has 5 heterocycles. The third-order valence-corrected chi connectivity index (χ3v) is 6.15. The molecule has 11 nitrogen and oxygen atoms in total. The maximum absolute atomic E-state index is 12.8. The smallest absolute Gasteiger partial charge is 0.331 e. The molecule has 0 spiro atoms. The Labute approximate surface area is 204 Å². The largest absolute Gasteiger partial charge is 0.455 e. The zero-order chi connectivity index (χ0) is 24.4. The molecule has 0 radical (unpaired) electrons. The maximum Gasteiger partial charge on any atom is 0.331 e. The number of nitrogens with zero attached hydrogens (tertiary/aromatic N) is 6. The van der Waals surface area contributed by atoms with E-state index in [1.807, 2.05) is 19.3 Å². The van der Waals surface area contributed by atoms with Crippen LogP contribution in [0.15, 0.2) is 42.9 Å². The summed E-state index contributed by atoms with van der Waals surface area (Å²) in [5.41, 5.74) is 2.23. The van der Waals surface area contributed by atoms with Crippen molar-refractivity contribution in [3.8, 4) is 22.8 Å². The number of aryl methyl sites for hydroxylation is 2. The summed E-state index contributed by atoms with van der Waals surface area (Å²) in [6.07, 6.45) is 6.88. The van der Waals surface area contributed by atoms with E-state index in [9.17, 15) is 9.59 Å². The number of ether oxygens (including phenoxy) is 2. The number of amides is 4. The van der Waals surface area contributed by atoms with E-state index < -0.39 is 6.03 Å². The van der Waals surface area contributed by atoms with E-state index >= 15 is 0 Å². The number of rotatable bonds is 5. The highest BCUT2D eigenvalue weighted by molar-refractivity contribution is 6.01. The van der Waals surface area contributed by atoms with Crippen LogP contribution in [0, 0.1) is 6.92 Å². The van der Waals surface area contributed by atoms with Crippen LogP contribution in [0.25, 0.3) is 11.3 Å². The van der Waals surface area contributed by atoms with E-state index in [-0.39, 0.29) is 13.5 Å². The van der Waals surface area contributed by atoms with Crippen molar-refractivity contribution < 1.29 is 20.5 Å². The van der Waals surface area contributed by atoms with E-state index in [2.05, 4.69) is 20.4 Å². The number of carbonyl (C=O) groups is 2. The molecule has 1 N–H and O–H groups in total. The molecule has 2 aliphatic heterocycles. The highest BCUT2D eigenvalue weighted by atomic mass is 16.5. The van der Waals surface area contributed by atoms with Gasteiger partial charge in [0.1, 0.15) is 17.3 Å². The fraction of sp³-hybridized carbons (Fsp3) is 0.375. The van der Waals surface area contributed by atoms with Crippen LogP contribution in [0.3, 0.4) is 0 Å². The Kier molecular flexibility index (Phi) is 6.32. The van der Waals surface area contributed by atoms with Crippen molar-refractivity contribution in [1.82, 2.24) is 29.5 Å². The Balaban J connectivity index is 0.00000304. The fourth-order valence-electron chi connectivity index (χ4n) is 4.29. The SMILES string of the molecule is Cc1nc(NC(=O)N2CCN(C3CCOCC3)C2=O)ccc1Oc1ccnc(-c2cnn(C)c2)c1.[HH]. The molecule has 0 aliphatic carbocycles. The van der Waals surface area contributed by atoms with Gasteiger partial charge in [-0.25, -0.2) is 19.5 Å². The molecule has 4 amide bonds. The van der Waals surface area contributed by atoms with E-state index in [1.165, 1.54) is 4.90 Å². The first-order chi connectivity index (χ1) is 17.0. The average molecular weight is 480 g/mol. The summed E-state index contributed by atoms with van der Waals surface area (Å²) in [5.74, 6) is 1.51. The predicted octanol–water partition coefficient (Wildman–Crippen LogP) is 3.67. The lowest BCUT2D eigenvalue weighted by molar-refractivity contribution is 0.0510. The summed E-state index contributed by atoms with van der Waals surface area (Å²) < 4.78 is 13.1. The summed E-state index contributed by atoms with van der Waals surface area (Å²) in [6.45, 7) is 3.96. The van der Waals surface area contributed by atoms with Gasteiger partial charge >= 0.3 is 12.1 Å². The molecule has 0 saturated carbocycles. The van der Waals surface area contributed by atoms with Crippen LogP contribution >= 0.6 is 0 Å². The third kappa shape index (κ3) is 4.94. The highest BCUT2D eigenvalue weighted by Crippen LogP contribution is 2.28. The lowest BCUT2D eigenvalue weighted by Crippen LogP contribution is -2.44. The number of urea groups is 2. The number of nitrogens with one attached hydrogen (secondary N) is 1. The minimum atomic E-state index is -0.486. The van der Waals surface area contributed by atoms with Gasteiger partial charge in [0.2, 0.25) is 0 Å². The Morgan fingerprint density at radius 3 is 2.80 bits per heavy atom. The van der Waals surface area contributed by atoms with Crippen LogP contribution in [-0.2, 0) is 11.8 Å². The van der Waals surface area contributed by atoms with Crippen molar-refractivity contribution in [3.05, 3.63) is 48.5 Å². The van der Waals surface area contributed by atoms with Crippen molar-refractivity contribution in [1.29, 1.82) is 0 Å². The average Bonchev–Trinajstić information content (AvgIpc) is 3.47. The van der Waals surface area contributed by atoms with Crippen LogP contribution < -0.4 is 10.1 Å². The molecular weight excluding hydrogens is 450 g/mol. The number of hydrogen-bond donors (Lipinski definition) is 1.